The van der Waals surface area contributed by atoms with Gasteiger partial charge in [0, 0.05) is 6.42 Å². The van der Waals surface area contributed by atoms with Gasteiger partial charge in [0.25, 0.3) is 0 Å². The van der Waals surface area contributed by atoms with E-state index in [2.05, 4.69) is 0 Å². The molecular formula is C11H18O2S. The maximum atomic E-state index is 11.0. The first-order valence-corrected chi connectivity index (χ1v) is 6.51. The molecule has 0 aromatic heterocycles. The van der Waals surface area contributed by atoms with Crippen molar-refractivity contribution in [1.29, 1.82) is 0 Å². The molecule has 0 spiro atoms. The van der Waals surface area contributed by atoms with Crippen molar-refractivity contribution in [2.45, 2.75) is 38.5 Å². The van der Waals surface area contributed by atoms with Crippen LogP contribution in [0.15, 0.2) is 0 Å². The molecule has 14 heavy (non-hydrogen) atoms. The highest BCUT2D eigenvalue weighted by molar-refractivity contribution is 7.99. The standard InChI is InChI=1S/C11H18O2S/c12-7-5-11(13)4-2-1-3-10-6-8-14-9-10/h7,10H,1-6,8-9H2. The second-order valence-corrected chi connectivity index (χ2v) is 5.03. The second kappa shape index (κ2) is 7.04. The monoisotopic (exact) mass is 214 g/mol. The van der Waals surface area contributed by atoms with Crippen LogP contribution in [0.2, 0.25) is 0 Å². The molecule has 80 valence electrons. The molecule has 0 amide bonds. The van der Waals surface area contributed by atoms with Gasteiger partial charge in [0.15, 0.2) is 0 Å². The van der Waals surface area contributed by atoms with Crippen molar-refractivity contribution in [3.8, 4) is 0 Å². The van der Waals surface area contributed by atoms with Gasteiger partial charge in [-0.25, -0.2) is 0 Å². The number of unbranched alkanes of at least 4 members (excludes halogenated alkanes) is 1. The molecule has 1 rings (SSSR count). The zero-order valence-corrected chi connectivity index (χ0v) is 9.35. The maximum Gasteiger partial charge on any atom is 0.139 e. The summed E-state index contributed by atoms with van der Waals surface area (Å²) in [4.78, 5) is 21.0. The van der Waals surface area contributed by atoms with E-state index in [0.29, 0.717) is 12.7 Å². The first-order valence-electron chi connectivity index (χ1n) is 5.36. The average molecular weight is 214 g/mol. The fourth-order valence-electron chi connectivity index (χ4n) is 1.76. The first kappa shape index (κ1) is 11.8. The van der Waals surface area contributed by atoms with Gasteiger partial charge in [0.1, 0.15) is 12.1 Å². The summed E-state index contributed by atoms with van der Waals surface area (Å²) < 4.78 is 0. The fourth-order valence-corrected chi connectivity index (χ4v) is 3.09. The van der Waals surface area contributed by atoms with Crippen LogP contribution in [-0.2, 0) is 9.59 Å². The third kappa shape index (κ3) is 4.80. The predicted octanol–water partition coefficient (Wildman–Crippen LogP) is 2.46. The first-order chi connectivity index (χ1) is 6.83. The van der Waals surface area contributed by atoms with Gasteiger partial charge in [-0.15, -0.1) is 0 Å². The van der Waals surface area contributed by atoms with E-state index >= 15 is 0 Å². The number of carbonyl (C=O) groups excluding carboxylic acids is 2. The van der Waals surface area contributed by atoms with E-state index in [4.69, 9.17) is 0 Å². The highest BCUT2D eigenvalue weighted by Gasteiger charge is 2.14. The summed E-state index contributed by atoms with van der Waals surface area (Å²) >= 11 is 2.04. The number of thioether (sulfide) groups is 1. The van der Waals surface area contributed by atoms with Crippen LogP contribution in [0.4, 0.5) is 0 Å². The number of hydrogen-bond donors (Lipinski definition) is 0. The van der Waals surface area contributed by atoms with Crippen LogP contribution in [-0.4, -0.2) is 23.6 Å². The van der Waals surface area contributed by atoms with Crippen molar-refractivity contribution >= 4 is 23.8 Å². The molecule has 0 aliphatic carbocycles. The minimum Gasteiger partial charge on any atom is -0.303 e. The molecule has 1 atom stereocenters. The molecule has 1 aliphatic rings. The number of hydrogen-bond acceptors (Lipinski definition) is 3. The zero-order valence-electron chi connectivity index (χ0n) is 8.54. The van der Waals surface area contributed by atoms with Crippen molar-refractivity contribution in [2.24, 2.45) is 5.92 Å². The van der Waals surface area contributed by atoms with Crippen LogP contribution in [0, 0.1) is 5.92 Å². The number of Topliss-reactive ketones (excluding diaryl/α,β-unsaturated/α-hetero) is 1. The number of aldehydes is 1. The van der Waals surface area contributed by atoms with Gasteiger partial charge in [-0.3, -0.25) is 4.79 Å². The van der Waals surface area contributed by atoms with Crippen LogP contribution in [0.1, 0.15) is 38.5 Å². The maximum absolute atomic E-state index is 11.0. The summed E-state index contributed by atoms with van der Waals surface area (Å²) in [7, 11) is 0. The van der Waals surface area contributed by atoms with E-state index in [1.807, 2.05) is 11.8 Å². The van der Waals surface area contributed by atoms with Gasteiger partial charge in [-0.05, 0) is 36.7 Å². The van der Waals surface area contributed by atoms with Gasteiger partial charge in [-0.1, -0.05) is 6.42 Å². The summed E-state index contributed by atoms with van der Waals surface area (Å²) in [6, 6.07) is 0. The number of carbonyl (C=O) groups is 2. The quantitative estimate of drug-likeness (QED) is 0.371. The third-order valence-corrected chi connectivity index (χ3v) is 3.88. The Bertz CT molecular complexity index is 186. The summed E-state index contributed by atoms with van der Waals surface area (Å²) in [6.45, 7) is 0. The second-order valence-electron chi connectivity index (χ2n) is 3.88. The smallest absolute Gasteiger partial charge is 0.139 e. The van der Waals surface area contributed by atoms with E-state index in [1.165, 1.54) is 24.3 Å². The predicted molar refractivity (Wildman–Crippen MR) is 59.6 cm³/mol. The van der Waals surface area contributed by atoms with Crippen LogP contribution >= 0.6 is 11.8 Å². The molecule has 1 aliphatic heterocycles. The summed E-state index contributed by atoms with van der Waals surface area (Å²) in [5.41, 5.74) is 0. The van der Waals surface area contributed by atoms with E-state index in [9.17, 15) is 9.59 Å². The molecule has 1 saturated heterocycles. The highest BCUT2D eigenvalue weighted by atomic mass is 32.2. The van der Waals surface area contributed by atoms with Crippen molar-refractivity contribution in [1.82, 2.24) is 0 Å². The molecule has 0 aromatic carbocycles. The third-order valence-electron chi connectivity index (χ3n) is 2.65. The molecule has 1 heterocycles. The Morgan fingerprint density at radius 3 is 2.93 bits per heavy atom. The molecule has 2 nitrogen and oxygen atoms in total. The Hall–Kier alpha value is -0.310. The molecule has 0 aromatic rings. The van der Waals surface area contributed by atoms with Crippen molar-refractivity contribution < 1.29 is 9.59 Å². The van der Waals surface area contributed by atoms with E-state index in [-0.39, 0.29) is 12.2 Å². The summed E-state index contributed by atoms with van der Waals surface area (Å²) in [5.74, 6) is 3.61. The van der Waals surface area contributed by atoms with Crippen LogP contribution in [0.3, 0.4) is 0 Å². The molecule has 3 heteroatoms. The largest absolute Gasteiger partial charge is 0.303 e. The Morgan fingerprint density at radius 1 is 1.43 bits per heavy atom. The van der Waals surface area contributed by atoms with Gasteiger partial charge in [0.05, 0.1) is 6.42 Å². The molecule has 0 saturated carbocycles. The van der Waals surface area contributed by atoms with Gasteiger partial charge >= 0.3 is 0 Å². The summed E-state index contributed by atoms with van der Waals surface area (Å²) in [6.07, 6.45) is 6.14. The van der Waals surface area contributed by atoms with Crippen LogP contribution in [0.5, 0.6) is 0 Å². The highest BCUT2D eigenvalue weighted by Crippen LogP contribution is 2.27. The molecular weight excluding hydrogens is 196 g/mol. The van der Waals surface area contributed by atoms with Crippen molar-refractivity contribution in [3.63, 3.8) is 0 Å². The lowest BCUT2D eigenvalue weighted by Gasteiger charge is -2.06. The Kier molecular flexibility index (Phi) is 5.92. The SMILES string of the molecule is O=CCC(=O)CCCCC1CCSC1. The minimum absolute atomic E-state index is 0.0980. The lowest BCUT2D eigenvalue weighted by Crippen LogP contribution is -2.00. The van der Waals surface area contributed by atoms with Crippen molar-refractivity contribution in [2.75, 3.05) is 11.5 Å². The van der Waals surface area contributed by atoms with Gasteiger partial charge in [0.2, 0.25) is 0 Å². The van der Waals surface area contributed by atoms with Crippen molar-refractivity contribution in [3.05, 3.63) is 0 Å². The summed E-state index contributed by atoms with van der Waals surface area (Å²) in [5, 5.41) is 0. The zero-order chi connectivity index (χ0) is 10.2. The molecule has 1 unspecified atom stereocenters. The van der Waals surface area contributed by atoms with E-state index in [0.717, 1.165) is 18.8 Å². The Labute approximate surface area is 89.8 Å². The van der Waals surface area contributed by atoms with Gasteiger partial charge < -0.3 is 4.79 Å². The lowest BCUT2D eigenvalue weighted by molar-refractivity contribution is -0.122. The number of rotatable bonds is 7. The molecule has 0 bridgehead atoms. The topological polar surface area (TPSA) is 34.1 Å². The normalized spacial score (nSPS) is 21.0. The molecule has 1 fully saturated rings. The number of ketones is 1. The van der Waals surface area contributed by atoms with E-state index < -0.39 is 0 Å². The van der Waals surface area contributed by atoms with Gasteiger partial charge in [-0.2, -0.15) is 11.8 Å². The van der Waals surface area contributed by atoms with E-state index in [1.54, 1.807) is 0 Å². The molecule has 0 N–H and O–H groups in total. The molecule has 0 radical (unpaired) electrons. The Balaban J connectivity index is 1.93. The lowest BCUT2D eigenvalue weighted by atomic mass is 10.00. The van der Waals surface area contributed by atoms with Crippen LogP contribution < -0.4 is 0 Å². The Morgan fingerprint density at radius 2 is 2.29 bits per heavy atom. The fraction of sp³-hybridized carbons (Fsp3) is 0.818. The minimum atomic E-state index is 0.0980. The average Bonchev–Trinajstić information content (AvgIpc) is 2.65. The van der Waals surface area contributed by atoms with Crippen LogP contribution in [0.25, 0.3) is 0 Å².